The van der Waals surface area contributed by atoms with Crippen LogP contribution in [0.2, 0.25) is 0 Å². The van der Waals surface area contributed by atoms with E-state index in [9.17, 15) is 40.9 Å². The van der Waals surface area contributed by atoms with Gasteiger partial charge in [0.2, 0.25) is 0 Å². The number of hydrogen-bond acceptors (Lipinski definition) is 15. The summed E-state index contributed by atoms with van der Waals surface area (Å²) in [6.07, 6.45) is -17.1. The first-order valence-electron chi connectivity index (χ1n) is 10.4. The molecule has 33 heavy (non-hydrogen) atoms. The van der Waals surface area contributed by atoms with E-state index in [1.807, 2.05) is 0 Å². The maximum atomic E-state index is 9.91. The van der Waals surface area contributed by atoms with Crippen LogP contribution < -0.4 is 0 Å². The maximum absolute atomic E-state index is 9.91. The van der Waals surface area contributed by atoms with Crippen LogP contribution in [0.3, 0.4) is 0 Å². The van der Waals surface area contributed by atoms with Crippen LogP contribution in [-0.2, 0) is 23.7 Å². The molecule has 2 rings (SSSR count). The van der Waals surface area contributed by atoms with Crippen molar-refractivity contribution in [2.75, 3.05) is 39.6 Å². The van der Waals surface area contributed by atoms with Gasteiger partial charge in [-0.2, -0.15) is 0 Å². The average Bonchev–Trinajstić information content (AvgIpc) is 2.80. The summed E-state index contributed by atoms with van der Waals surface area (Å²) < 4.78 is 25.7. The van der Waals surface area contributed by atoms with E-state index >= 15 is 0 Å². The molecular weight excluding hydrogens is 456 g/mol. The lowest BCUT2D eigenvalue weighted by Gasteiger charge is -2.39. The summed E-state index contributed by atoms with van der Waals surface area (Å²) in [7, 11) is 0. The van der Waals surface area contributed by atoms with Crippen molar-refractivity contribution in [2.24, 2.45) is 0 Å². The highest BCUT2D eigenvalue weighted by atomic mass is 16.7. The predicted molar refractivity (Wildman–Crippen MR) is 102 cm³/mol. The molecule has 0 saturated carbocycles. The van der Waals surface area contributed by atoms with Crippen molar-refractivity contribution >= 4 is 0 Å². The molecule has 10 N–H and O–H groups in total. The van der Waals surface area contributed by atoms with Gasteiger partial charge in [-0.05, 0) is 0 Å². The Morgan fingerprint density at radius 1 is 0.545 bits per heavy atom. The molecule has 4 unspecified atom stereocenters. The second kappa shape index (κ2) is 13.5. The van der Waals surface area contributed by atoms with E-state index in [1.54, 1.807) is 0 Å². The third-order valence-corrected chi connectivity index (χ3v) is 5.22. The van der Waals surface area contributed by atoms with E-state index in [1.165, 1.54) is 0 Å². The standard InChI is InChI=1S/C18H34O15/c19-1-9-11(23)13(25)15(27)17(32-9)30-5-7(21)3-29-4-8(22)6-31-18-16(28)14(26)12(24)10(2-20)33-18/h7-28H,1-6H2/t7?,8?,9-,10+,11+,12-,13+,14-,15-,16+,17?,18?. The van der Waals surface area contributed by atoms with Gasteiger partial charge < -0.3 is 74.7 Å². The minimum Gasteiger partial charge on any atom is -0.394 e. The first-order valence-corrected chi connectivity index (χ1v) is 10.4. The van der Waals surface area contributed by atoms with Crippen molar-refractivity contribution < 1.29 is 74.7 Å². The van der Waals surface area contributed by atoms with E-state index in [4.69, 9.17) is 33.9 Å². The molecule has 0 aromatic carbocycles. The van der Waals surface area contributed by atoms with Gasteiger partial charge in [0.05, 0.1) is 39.6 Å². The summed E-state index contributed by atoms with van der Waals surface area (Å²) in [5.41, 5.74) is 0. The Morgan fingerprint density at radius 2 is 0.909 bits per heavy atom. The fourth-order valence-corrected chi connectivity index (χ4v) is 3.26. The summed E-state index contributed by atoms with van der Waals surface area (Å²) in [5.74, 6) is 0. The molecule has 15 nitrogen and oxygen atoms in total. The number of ether oxygens (including phenoxy) is 5. The van der Waals surface area contributed by atoms with Gasteiger partial charge in [0.25, 0.3) is 0 Å². The molecule has 0 aliphatic carbocycles. The molecule has 2 heterocycles. The van der Waals surface area contributed by atoms with Crippen LogP contribution in [0.15, 0.2) is 0 Å². The van der Waals surface area contributed by atoms with Crippen LogP contribution in [0.1, 0.15) is 0 Å². The summed E-state index contributed by atoms with van der Waals surface area (Å²) in [5, 5.41) is 96.6. The topological polar surface area (TPSA) is 248 Å². The maximum Gasteiger partial charge on any atom is 0.186 e. The minimum atomic E-state index is -1.62. The molecule has 0 spiro atoms. The second-order valence-corrected chi connectivity index (χ2v) is 7.91. The van der Waals surface area contributed by atoms with Crippen molar-refractivity contribution in [3.8, 4) is 0 Å². The van der Waals surface area contributed by atoms with Crippen LogP contribution in [0.5, 0.6) is 0 Å². The molecule has 2 aliphatic rings. The predicted octanol–water partition coefficient (Wildman–Crippen LogP) is -6.64. The lowest BCUT2D eigenvalue weighted by atomic mass is 9.99. The first kappa shape index (κ1) is 28.6. The van der Waals surface area contributed by atoms with Crippen LogP contribution in [-0.4, -0.2) is 164 Å². The normalized spacial score (nSPS) is 41.6. The van der Waals surface area contributed by atoms with E-state index in [-0.39, 0.29) is 13.2 Å². The third-order valence-electron chi connectivity index (χ3n) is 5.22. The fourth-order valence-electron chi connectivity index (χ4n) is 3.26. The molecule has 0 aromatic rings. The first-order chi connectivity index (χ1) is 15.6. The Morgan fingerprint density at radius 3 is 1.24 bits per heavy atom. The Labute approximate surface area is 188 Å². The monoisotopic (exact) mass is 490 g/mol. The summed E-state index contributed by atoms with van der Waals surface area (Å²) in [4.78, 5) is 0. The lowest BCUT2D eigenvalue weighted by molar-refractivity contribution is -0.306. The molecule has 2 aliphatic heterocycles. The highest BCUT2D eigenvalue weighted by molar-refractivity contribution is 4.89. The highest BCUT2D eigenvalue weighted by Gasteiger charge is 2.45. The van der Waals surface area contributed by atoms with Crippen molar-refractivity contribution in [3.63, 3.8) is 0 Å². The minimum absolute atomic E-state index is 0.311. The van der Waals surface area contributed by atoms with Gasteiger partial charge >= 0.3 is 0 Å². The Bertz CT molecular complexity index is 505. The molecule has 0 amide bonds. The summed E-state index contributed by atoms with van der Waals surface area (Å²) in [6.45, 7) is -2.68. The molecule has 0 bridgehead atoms. The van der Waals surface area contributed by atoms with Crippen LogP contribution in [0.25, 0.3) is 0 Å². The molecule has 196 valence electrons. The number of hydrogen-bond donors (Lipinski definition) is 10. The molecular formula is C18H34O15. The van der Waals surface area contributed by atoms with E-state index in [2.05, 4.69) is 0 Å². The Hall–Kier alpha value is -0.600. The SMILES string of the molecule is OC[C@@H]1OC(OCC(O)COCC(O)COC2O[C@H](CO)[C@H](O)[C@H](O)[C@H]2O)[C@@H](O)[C@H](O)[C@@H]1O. The fraction of sp³-hybridized carbons (Fsp3) is 1.00. The zero-order valence-electron chi connectivity index (χ0n) is 17.7. The van der Waals surface area contributed by atoms with Gasteiger partial charge in [-0.15, -0.1) is 0 Å². The molecule has 0 radical (unpaired) electrons. The summed E-state index contributed by atoms with van der Waals surface area (Å²) in [6, 6.07) is 0. The average molecular weight is 490 g/mol. The largest absolute Gasteiger partial charge is 0.394 e. The van der Waals surface area contributed by atoms with Gasteiger partial charge in [-0.3, -0.25) is 0 Å². The molecule has 0 aromatic heterocycles. The Balaban J connectivity index is 1.65. The van der Waals surface area contributed by atoms with Crippen molar-refractivity contribution in [1.29, 1.82) is 0 Å². The molecule has 15 heteroatoms. The van der Waals surface area contributed by atoms with E-state index in [0.29, 0.717) is 0 Å². The molecule has 12 atom stereocenters. The van der Waals surface area contributed by atoms with Gasteiger partial charge in [-0.25, -0.2) is 0 Å². The van der Waals surface area contributed by atoms with Crippen molar-refractivity contribution in [1.82, 2.24) is 0 Å². The lowest BCUT2D eigenvalue weighted by Crippen LogP contribution is -2.59. The zero-order chi connectivity index (χ0) is 24.7. The Kier molecular flexibility index (Phi) is 11.7. The number of rotatable bonds is 12. The number of aliphatic hydroxyl groups excluding tert-OH is 10. The van der Waals surface area contributed by atoms with Crippen LogP contribution in [0.4, 0.5) is 0 Å². The number of aliphatic hydroxyl groups is 10. The van der Waals surface area contributed by atoms with Crippen LogP contribution in [0, 0.1) is 0 Å². The van der Waals surface area contributed by atoms with Crippen molar-refractivity contribution in [2.45, 2.75) is 73.6 Å². The third kappa shape index (κ3) is 7.69. The zero-order valence-corrected chi connectivity index (χ0v) is 17.7. The molecule has 2 saturated heterocycles. The van der Waals surface area contributed by atoms with E-state index < -0.39 is 100 Å². The van der Waals surface area contributed by atoms with Gasteiger partial charge in [-0.1, -0.05) is 0 Å². The van der Waals surface area contributed by atoms with Gasteiger partial charge in [0.1, 0.15) is 61.0 Å². The van der Waals surface area contributed by atoms with Gasteiger partial charge in [0.15, 0.2) is 12.6 Å². The second-order valence-electron chi connectivity index (χ2n) is 7.91. The molecule has 2 fully saturated rings. The van der Waals surface area contributed by atoms with Crippen molar-refractivity contribution in [3.05, 3.63) is 0 Å². The van der Waals surface area contributed by atoms with E-state index in [0.717, 1.165) is 0 Å². The van der Waals surface area contributed by atoms with Crippen LogP contribution >= 0.6 is 0 Å². The summed E-state index contributed by atoms with van der Waals surface area (Å²) >= 11 is 0. The smallest absolute Gasteiger partial charge is 0.186 e. The highest BCUT2D eigenvalue weighted by Crippen LogP contribution is 2.23. The quantitative estimate of drug-likeness (QED) is 0.122. The van der Waals surface area contributed by atoms with Gasteiger partial charge in [0, 0.05) is 0 Å².